The number of hydrogen-bond acceptors (Lipinski definition) is 6. The third kappa shape index (κ3) is 5.43. The van der Waals surface area contributed by atoms with Crippen molar-refractivity contribution in [1.29, 1.82) is 0 Å². The molecule has 0 saturated carbocycles. The van der Waals surface area contributed by atoms with Gasteiger partial charge in [0, 0.05) is 48.1 Å². The lowest BCUT2D eigenvalue weighted by Gasteiger charge is -2.29. The number of aromatic amines is 1. The third-order valence-electron chi connectivity index (χ3n) is 8.01. The summed E-state index contributed by atoms with van der Waals surface area (Å²) in [4.78, 5) is 17.9. The number of carbonyl (C=O) groups is 1. The molecule has 3 N–H and O–H groups in total. The number of rotatable bonds is 5. The molecule has 9 heteroatoms. The number of nitrogens with one attached hydrogen (secondary N) is 1. The number of benzene rings is 2. The van der Waals surface area contributed by atoms with Gasteiger partial charge in [-0.2, -0.15) is 5.10 Å². The van der Waals surface area contributed by atoms with E-state index in [1.54, 1.807) is 18.2 Å². The first-order valence-corrected chi connectivity index (χ1v) is 14.4. The predicted molar refractivity (Wildman–Crippen MR) is 164 cm³/mol. The van der Waals surface area contributed by atoms with Crippen LogP contribution in [0.1, 0.15) is 30.4 Å². The average molecular weight is 562 g/mol. The molecular weight excluding hydrogens is 526 g/mol. The lowest BCUT2D eigenvalue weighted by Crippen LogP contribution is -2.42. The van der Waals surface area contributed by atoms with Crippen molar-refractivity contribution in [3.8, 4) is 39.7 Å². The second-order valence-electron chi connectivity index (χ2n) is 10.7. The minimum atomic E-state index is 0.0249. The number of nitrogens with zero attached hydrogens (tertiary/aromatic N) is 5. The summed E-state index contributed by atoms with van der Waals surface area (Å²) in [5.41, 5.74) is 15.1. The van der Waals surface area contributed by atoms with Gasteiger partial charge in [-0.05, 0) is 61.4 Å². The summed E-state index contributed by atoms with van der Waals surface area (Å²) in [5, 5.41) is 11.9. The molecule has 0 spiro atoms. The lowest BCUT2D eigenvalue weighted by atomic mass is 10.0. The van der Waals surface area contributed by atoms with Crippen molar-refractivity contribution in [3.63, 3.8) is 0 Å². The van der Waals surface area contributed by atoms with Crippen molar-refractivity contribution in [2.24, 2.45) is 5.73 Å². The highest BCUT2D eigenvalue weighted by atomic mass is 16.5. The first-order valence-electron chi connectivity index (χ1n) is 14.4. The number of carbonyl (C=O) groups excluding carboxylic acids is 1. The van der Waals surface area contributed by atoms with E-state index in [9.17, 15) is 4.79 Å². The maximum Gasteiger partial charge on any atom is 0.245 e. The van der Waals surface area contributed by atoms with Gasteiger partial charge in [0.1, 0.15) is 5.69 Å². The van der Waals surface area contributed by atoms with Crippen molar-refractivity contribution in [2.75, 3.05) is 20.2 Å². The fourth-order valence-corrected chi connectivity index (χ4v) is 5.73. The average Bonchev–Trinajstić information content (AvgIpc) is 3.81. The Morgan fingerprint density at radius 1 is 1.05 bits per heavy atom. The van der Waals surface area contributed by atoms with E-state index >= 15 is 0 Å². The number of nitrogens with two attached hydrogens (primary N) is 1. The van der Waals surface area contributed by atoms with Crippen molar-refractivity contribution in [2.45, 2.75) is 38.1 Å². The van der Waals surface area contributed by atoms with Crippen LogP contribution in [0.15, 0.2) is 79.5 Å². The van der Waals surface area contributed by atoms with Crippen molar-refractivity contribution in [3.05, 3.63) is 90.6 Å². The first-order chi connectivity index (χ1) is 20.6. The molecule has 42 heavy (non-hydrogen) atoms. The number of H-pyrrole nitrogens is 1. The molecule has 7 rings (SSSR count). The van der Waals surface area contributed by atoms with Crippen molar-refractivity contribution >= 4 is 11.6 Å². The number of amides is 1. The van der Waals surface area contributed by atoms with E-state index < -0.39 is 0 Å². The highest BCUT2D eigenvalue weighted by molar-refractivity contribution is 5.87. The fourth-order valence-electron chi connectivity index (χ4n) is 5.73. The largest absolute Gasteiger partial charge is 0.480 e. The molecule has 1 aliphatic carbocycles. The zero-order valence-corrected chi connectivity index (χ0v) is 23.8. The Balaban J connectivity index is 0.000000244. The maximum absolute atomic E-state index is 11.0. The SMILES string of the molecule is C=CC(=O)N1CCC(N)CC1.COc1cc(-c2ccn[nH]2)c2nc(-c3ccc4c(c3)CCC4)c(-c3ccccc3)n2n1. The lowest BCUT2D eigenvalue weighted by molar-refractivity contribution is -0.126. The van der Waals surface area contributed by atoms with Crippen LogP contribution in [0.2, 0.25) is 0 Å². The summed E-state index contributed by atoms with van der Waals surface area (Å²) in [5.74, 6) is 0.545. The van der Waals surface area contributed by atoms with Crippen LogP contribution in [0.4, 0.5) is 0 Å². The van der Waals surface area contributed by atoms with Crippen LogP contribution >= 0.6 is 0 Å². The molecule has 1 fully saturated rings. The van der Waals surface area contributed by atoms with Crippen LogP contribution in [-0.4, -0.2) is 61.8 Å². The zero-order valence-electron chi connectivity index (χ0n) is 23.8. The number of likely N-dealkylation sites (tertiary alicyclic amines) is 1. The smallest absolute Gasteiger partial charge is 0.245 e. The molecule has 0 atom stereocenters. The Kier molecular flexibility index (Phi) is 7.83. The summed E-state index contributed by atoms with van der Waals surface area (Å²) >= 11 is 0. The number of aromatic nitrogens is 5. The maximum atomic E-state index is 11.0. The molecular formula is C33H35N7O2. The normalized spacial score (nSPS) is 14.8. The molecule has 5 aromatic rings. The van der Waals surface area contributed by atoms with Gasteiger partial charge in [0.25, 0.3) is 0 Å². The van der Waals surface area contributed by atoms with E-state index in [2.05, 4.69) is 47.1 Å². The Bertz CT molecular complexity index is 1700. The quantitative estimate of drug-likeness (QED) is 0.290. The summed E-state index contributed by atoms with van der Waals surface area (Å²) in [6, 6.07) is 21.1. The molecule has 2 aromatic carbocycles. The van der Waals surface area contributed by atoms with Crippen LogP contribution in [0.3, 0.4) is 0 Å². The molecule has 4 heterocycles. The van der Waals surface area contributed by atoms with E-state index in [0.29, 0.717) is 5.88 Å². The van der Waals surface area contributed by atoms with Crippen molar-refractivity contribution < 1.29 is 9.53 Å². The van der Waals surface area contributed by atoms with E-state index in [-0.39, 0.29) is 11.9 Å². The van der Waals surface area contributed by atoms with Gasteiger partial charge in [-0.3, -0.25) is 9.89 Å². The van der Waals surface area contributed by atoms with Crippen molar-refractivity contribution in [1.82, 2.24) is 29.7 Å². The van der Waals surface area contributed by atoms with E-state index in [4.69, 9.17) is 20.6 Å². The number of imidazole rings is 1. The highest BCUT2D eigenvalue weighted by Crippen LogP contribution is 2.37. The van der Waals surface area contributed by atoms with Gasteiger partial charge in [-0.1, -0.05) is 49.0 Å². The van der Waals surface area contributed by atoms with Gasteiger partial charge in [-0.15, -0.1) is 5.10 Å². The van der Waals surface area contributed by atoms with Gasteiger partial charge in [0.2, 0.25) is 11.8 Å². The second-order valence-corrected chi connectivity index (χ2v) is 10.7. The van der Waals surface area contributed by atoms with Gasteiger partial charge in [0.15, 0.2) is 5.65 Å². The summed E-state index contributed by atoms with van der Waals surface area (Å²) < 4.78 is 7.43. The molecule has 0 radical (unpaired) electrons. The standard InChI is InChI=1S/C25H21N5O.C8H14N2O/c1-31-22-15-20(21-12-13-26-28-21)25-27-23(19-11-10-16-8-5-9-18(16)14-19)24(30(25)29-22)17-6-3-2-4-7-17;1-2-8(11)10-5-3-7(9)4-6-10/h2-4,6-7,10-15H,5,8-9H2,1H3,(H,26,28);2,7H,1,3-6,9H2. The van der Waals surface area contributed by atoms with Crippen LogP contribution in [-0.2, 0) is 17.6 Å². The summed E-state index contributed by atoms with van der Waals surface area (Å²) in [6.45, 7) is 5.00. The third-order valence-corrected chi connectivity index (χ3v) is 8.01. The number of methoxy groups -OCH3 is 1. The monoisotopic (exact) mass is 561 g/mol. The number of piperidine rings is 1. The molecule has 3 aromatic heterocycles. The highest BCUT2D eigenvalue weighted by Gasteiger charge is 2.23. The summed E-state index contributed by atoms with van der Waals surface area (Å²) in [6.07, 6.45) is 8.44. The van der Waals surface area contributed by atoms with Gasteiger partial charge >= 0.3 is 0 Å². The molecule has 0 bridgehead atoms. The Hall–Kier alpha value is -4.76. The minimum Gasteiger partial charge on any atom is -0.480 e. The fraction of sp³-hybridized carbons (Fsp3) is 0.273. The number of aryl methyl sites for hydroxylation is 2. The van der Waals surface area contributed by atoms with Crippen LogP contribution < -0.4 is 10.5 Å². The zero-order chi connectivity index (χ0) is 29.1. The molecule has 1 aliphatic heterocycles. The molecule has 214 valence electrons. The van der Waals surface area contributed by atoms with Gasteiger partial charge in [0.05, 0.1) is 18.5 Å². The Morgan fingerprint density at radius 3 is 2.55 bits per heavy atom. The molecule has 2 aliphatic rings. The van der Waals surface area contributed by atoms with Crippen LogP contribution in [0.5, 0.6) is 5.88 Å². The van der Waals surface area contributed by atoms with E-state index in [0.717, 1.165) is 78.2 Å². The van der Waals surface area contributed by atoms with Crippen LogP contribution in [0.25, 0.3) is 39.4 Å². The summed E-state index contributed by atoms with van der Waals surface area (Å²) in [7, 11) is 1.63. The number of fused-ring (bicyclic) bond motifs is 2. The van der Waals surface area contributed by atoms with E-state index in [1.165, 1.54) is 23.6 Å². The Labute approximate surface area is 245 Å². The number of ether oxygens (including phenoxy) is 1. The van der Waals surface area contributed by atoms with Gasteiger partial charge in [-0.25, -0.2) is 9.50 Å². The van der Waals surface area contributed by atoms with Crippen LogP contribution in [0, 0.1) is 0 Å². The van der Waals surface area contributed by atoms with Gasteiger partial charge < -0.3 is 15.4 Å². The second kappa shape index (κ2) is 12.0. The molecule has 1 amide bonds. The first kappa shape index (κ1) is 27.4. The molecule has 1 saturated heterocycles. The Morgan fingerprint density at radius 2 is 1.83 bits per heavy atom. The predicted octanol–water partition coefficient (Wildman–Crippen LogP) is 5.07. The molecule has 0 unspecified atom stereocenters. The topological polar surface area (TPSA) is 114 Å². The van der Waals surface area contributed by atoms with E-state index in [1.807, 2.05) is 34.8 Å². The minimum absolute atomic E-state index is 0.0249. The molecule has 9 nitrogen and oxygen atoms in total. The number of hydrogen-bond donors (Lipinski definition) is 2.